The van der Waals surface area contributed by atoms with Gasteiger partial charge in [0.1, 0.15) is 5.82 Å². The van der Waals surface area contributed by atoms with E-state index in [1.54, 1.807) is 6.07 Å². The van der Waals surface area contributed by atoms with Crippen molar-refractivity contribution in [3.8, 4) is 0 Å². The summed E-state index contributed by atoms with van der Waals surface area (Å²) >= 11 is 7.94. The summed E-state index contributed by atoms with van der Waals surface area (Å²) in [5.41, 5.74) is 1.01. The standard InChI is InChI=1S/C17H21ClFNS/c1-2-20-15(5-3-6-16-7-4-10-21-16)11-13-8-9-14(19)12-17(13)18/h4,7-10,12,15,20H,2-3,5-6,11H2,1H3. The van der Waals surface area contributed by atoms with E-state index in [-0.39, 0.29) is 5.82 Å². The fourth-order valence-corrected chi connectivity index (χ4v) is 3.49. The lowest BCUT2D eigenvalue weighted by molar-refractivity contribution is 0.477. The number of halogens is 2. The predicted octanol–water partition coefficient (Wildman–Crippen LogP) is 5.08. The number of hydrogen-bond donors (Lipinski definition) is 1. The number of hydrogen-bond acceptors (Lipinski definition) is 2. The molecule has 0 saturated heterocycles. The SMILES string of the molecule is CCNC(CCCc1cccs1)Cc1ccc(F)cc1Cl. The molecule has 1 unspecified atom stereocenters. The van der Waals surface area contributed by atoms with E-state index in [2.05, 4.69) is 29.8 Å². The smallest absolute Gasteiger partial charge is 0.124 e. The molecule has 0 aliphatic rings. The van der Waals surface area contributed by atoms with Crippen molar-refractivity contribution in [2.75, 3.05) is 6.54 Å². The Hall–Kier alpha value is -0.900. The highest BCUT2D eigenvalue weighted by Crippen LogP contribution is 2.20. The number of nitrogens with one attached hydrogen (secondary N) is 1. The third-order valence-corrected chi connectivity index (χ3v) is 4.82. The number of aryl methyl sites for hydroxylation is 1. The van der Waals surface area contributed by atoms with Gasteiger partial charge in [-0.2, -0.15) is 0 Å². The predicted molar refractivity (Wildman–Crippen MR) is 89.8 cm³/mol. The maximum absolute atomic E-state index is 13.1. The molecule has 1 aromatic heterocycles. The van der Waals surface area contributed by atoms with Crippen LogP contribution in [-0.4, -0.2) is 12.6 Å². The van der Waals surface area contributed by atoms with Gasteiger partial charge in [0.15, 0.2) is 0 Å². The summed E-state index contributed by atoms with van der Waals surface area (Å²) in [5.74, 6) is -0.276. The van der Waals surface area contributed by atoms with Crippen LogP contribution in [0.2, 0.25) is 5.02 Å². The fourth-order valence-electron chi connectivity index (χ4n) is 2.50. The molecule has 0 amide bonds. The lowest BCUT2D eigenvalue weighted by Crippen LogP contribution is -2.31. The zero-order valence-electron chi connectivity index (χ0n) is 12.2. The van der Waals surface area contributed by atoms with Crippen molar-refractivity contribution in [3.63, 3.8) is 0 Å². The van der Waals surface area contributed by atoms with Crippen molar-refractivity contribution in [2.45, 2.75) is 38.6 Å². The fraction of sp³-hybridized carbons (Fsp3) is 0.412. The first-order chi connectivity index (χ1) is 10.2. The maximum atomic E-state index is 13.1. The highest BCUT2D eigenvalue weighted by molar-refractivity contribution is 7.09. The Bertz CT molecular complexity index is 542. The van der Waals surface area contributed by atoms with Crippen molar-refractivity contribution in [2.24, 2.45) is 0 Å². The van der Waals surface area contributed by atoms with E-state index in [0.29, 0.717) is 11.1 Å². The van der Waals surface area contributed by atoms with E-state index in [9.17, 15) is 4.39 Å². The molecule has 0 aliphatic heterocycles. The van der Waals surface area contributed by atoms with Crippen molar-refractivity contribution >= 4 is 22.9 Å². The van der Waals surface area contributed by atoms with Gasteiger partial charge in [-0.25, -0.2) is 4.39 Å². The Morgan fingerprint density at radius 2 is 2.19 bits per heavy atom. The molecule has 0 saturated carbocycles. The van der Waals surface area contributed by atoms with Gasteiger partial charge in [-0.1, -0.05) is 30.7 Å². The lowest BCUT2D eigenvalue weighted by Gasteiger charge is -2.18. The second-order valence-electron chi connectivity index (χ2n) is 5.17. The molecule has 2 aromatic rings. The largest absolute Gasteiger partial charge is 0.314 e. The zero-order valence-corrected chi connectivity index (χ0v) is 13.8. The summed E-state index contributed by atoms with van der Waals surface area (Å²) in [4.78, 5) is 1.44. The van der Waals surface area contributed by atoms with Crippen LogP contribution in [0.1, 0.15) is 30.2 Å². The summed E-state index contributed by atoms with van der Waals surface area (Å²) in [6.45, 7) is 3.04. The van der Waals surface area contributed by atoms with E-state index in [1.165, 1.54) is 17.0 Å². The van der Waals surface area contributed by atoms with Crippen LogP contribution in [0.5, 0.6) is 0 Å². The minimum absolute atomic E-state index is 0.276. The van der Waals surface area contributed by atoms with Crippen LogP contribution in [0.25, 0.3) is 0 Å². The summed E-state index contributed by atoms with van der Waals surface area (Å²) < 4.78 is 13.1. The zero-order chi connectivity index (χ0) is 15.1. The normalized spacial score (nSPS) is 12.5. The van der Waals surface area contributed by atoms with E-state index in [1.807, 2.05) is 11.3 Å². The van der Waals surface area contributed by atoms with Gasteiger partial charge in [-0.3, -0.25) is 0 Å². The number of rotatable bonds is 8. The summed E-state index contributed by atoms with van der Waals surface area (Å²) in [7, 11) is 0. The number of likely N-dealkylation sites (N-methyl/N-ethyl adjacent to an activating group) is 1. The van der Waals surface area contributed by atoms with Crippen molar-refractivity contribution in [1.29, 1.82) is 0 Å². The molecule has 4 heteroatoms. The Labute approximate surface area is 135 Å². The average Bonchev–Trinajstić information content (AvgIpc) is 2.95. The Balaban J connectivity index is 1.88. The molecule has 1 N–H and O–H groups in total. The second-order valence-corrected chi connectivity index (χ2v) is 6.61. The third kappa shape index (κ3) is 5.42. The van der Waals surface area contributed by atoms with Gasteiger partial charge in [0.05, 0.1) is 0 Å². The van der Waals surface area contributed by atoms with Gasteiger partial charge < -0.3 is 5.32 Å². The third-order valence-electron chi connectivity index (χ3n) is 3.53. The molecule has 0 aliphatic carbocycles. The first kappa shape index (κ1) is 16.5. The van der Waals surface area contributed by atoms with Crippen LogP contribution < -0.4 is 5.32 Å². The minimum atomic E-state index is -0.276. The van der Waals surface area contributed by atoms with Gasteiger partial charge in [0.25, 0.3) is 0 Å². The molecule has 114 valence electrons. The van der Waals surface area contributed by atoms with E-state index in [0.717, 1.165) is 37.8 Å². The van der Waals surface area contributed by atoms with E-state index >= 15 is 0 Å². The first-order valence-corrected chi connectivity index (χ1v) is 8.64. The van der Waals surface area contributed by atoms with E-state index < -0.39 is 0 Å². The molecule has 1 nitrogen and oxygen atoms in total. The summed E-state index contributed by atoms with van der Waals surface area (Å²) in [6, 6.07) is 9.34. The van der Waals surface area contributed by atoms with Gasteiger partial charge in [0, 0.05) is 15.9 Å². The maximum Gasteiger partial charge on any atom is 0.124 e. The Kier molecular flexibility index (Phi) is 6.68. The van der Waals surface area contributed by atoms with Crippen molar-refractivity contribution in [3.05, 3.63) is 57.0 Å². The molecule has 1 aromatic carbocycles. The topological polar surface area (TPSA) is 12.0 Å². The highest BCUT2D eigenvalue weighted by atomic mass is 35.5. The second kappa shape index (κ2) is 8.52. The molecule has 1 atom stereocenters. The van der Waals surface area contributed by atoms with Crippen molar-refractivity contribution < 1.29 is 4.39 Å². The van der Waals surface area contributed by atoms with E-state index in [4.69, 9.17) is 11.6 Å². The molecule has 0 radical (unpaired) electrons. The van der Waals surface area contributed by atoms with Gasteiger partial charge in [-0.05, 0) is 61.4 Å². The van der Waals surface area contributed by atoms with Gasteiger partial charge >= 0.3 is 0 Å². The average molecular weight is 326 g/mol. The van der Waals surface area contributed by atoms with Crippen LogP contribution >= 0.6 is 22.9 Å². The molecular weight excluding hydrogens is 305 g/mol. The van der Waals surface area contributed by atoms with Crippen LogP contribution in [0.3, 0.4) is 0 Å². The van der Waals surface area contributed by atoms with Gasteiger partial charge in [0.2, 0.25) is 0 Å². The molecule has 2 rings (SSSR count). The molecular formula is C17H21ClFNS. The quantitative estimate of drug-likeness (QED) is 0.713. The molecule has 0 bridgehead atoms. The van der Waals surface area contributed by atoms with Crippen LogP contribution in [-0.2, 0) is 12.8 Å². The number of thiophene rings is 1. The van der Waals surface area contributed by atoms with Crippen LogP contribution in [0.15, 0.2) is 35.7 Å². The molecule has 0 fully saturated rings. The minimum Gasteiger partial charge on any atom is -0.314 e. The van der Waals surface area contributed by atoms with Gasteiger partial charge in [-0.15, -0.1) is 11.3 Å². The van der Waals surface area contributed by atoms with Crippen LogP contribution in [0, 0.1) is 5.82 Å². The Morgan fingerprint density at radius 3 is 2.86 bits per heavy atom. The summed E-state index contributed by atoms with van der Waals surface area (Å²) in [6.07, 6.45) is 4.21. The molecule has 1 heterocycles. The van der Waals surface area contributed by atoms with Crippen LogP contribution in [0.4, 0.5) is 4.39 Å². The molecule has 0 spiro atoms. The first-order valence-electron chi connectivity index (χ1n) is 7.38. The van der Waals surface area contributed by atoms with Crippen molar-refractivity contribution in [1.82, 2.24) is 5.32 Å². The lowest BCUT2D eigenvalue weighted by atomic mass is 10.0. The number of benzene rings is 1. The molecule has 21 heavy (non-hydrogen) atoms. The Morgan fingerprint density at radius 1 is 1.33 bits per heavy atom. The monoisotopic (exact) mass is 325 g/mol. The summed E-state index contributed by atoms with van der Waals surface area (Å²) in [5, 5.41) is 6.15. The highest BCUT2D eigenvalue weighted by Gasteiger charge is 2.11.